The van der Waals surface area contributed by atoms with Gasteiger partial charge in [-0.25, -0.2) is 0 Å². The predicted octanol–water partition coefficient (Wildman–Crippen LogP) is 3.73. The van der Waals surface area contributed by atoms with Crippen LogP contribution in [0.4, 0.5) is 0 Å². The number of hydrogen-bond donors (Lipinski definition) is 0. The third-order valence-electron chi connectivity index (χ3n) is 2.53. The van der Waals surface area contributed by atoms with E-state index in [1.807, 2.05) is 0 Å². The topological polar surface area (TPSA) is 12.4 Å². The van der Waals surface area contributed by atoms with Crippen molar-refractivity contribution in [1.29, 1.82) is 0 Å². The summed E-state index contributed by atoms with van der Waals surface area (Å²) in [6.45, 7) is 8.64. The van der Waals surface area contributed by atoms with Crippen molar-refractivity contribution in [3.05, 3.63) is 23.4 Å². The molecule has 0 fully saturated rings. The van der Waals surface area contributed by atoms with Gasteiger partial charge in [0.05, 0.1) is 5.70 Å². The number of hydrogen-bond acceptors (Lipinski definition) is 1. The van der Waals surface area contributed by atoms with Crippen LogP contribution in [0, 0.1) is 5.92 Å². The molecule has 0 N–H and O–H groups in total. The standard InChI is InChI=1S/C12H19N/c1-9(2)11(4)13-12-8-6-5-7-10(12)3/h6,8-9H,5,7H2,1-4H3/b13-11+. The van der Waals surface area contributed by atoms with Gasteiger partial charge in [0.1, 0.15) is 0 Å². The van der Waals surface area contributed by atoms with E-state index in [9.17, 15) is 0 Å². The summed E-state index contributed by atoms with van der Waals surface area (Å²) < 4.78 is 0. The highest BCUT2D eigenvalue weighted by Crippen LogP contribution is 2.19. The minimum Gasteiger partial charge on any atom is -0.258 e. The molecule has 0 atom stereocenters. The largest absolute Gasteiger partial charge is 0.258 e. The molecule has 1 nitrogen and oxygen atoms in total. The smallest absolute Gasteiger partial charge is 0.0615 e. The van der Waals surface area contributed by atoms with Crippen LogP contribution >= 0.6 is 0 Å². The van der Waals surface area contributed by atoms with Gasteiger partial charge >= 0.3 is 0 Å². The molecule has 0 aromatic rings. The first-order chi connectivity index (χ1) is 6.11. The van der Waals surface area contributed by atoms with E-state index in [1.54, 1.807) is 0 Å². The fourth-order valence-electron chi connectivity index (χ4n) is 1.22. The van der Waals surface area contributed by atoms with Crippen molar-refractivity contribution in [1.82, 2.24) is 0 Å². The minimum atomic E-state index is 0.552. The second-order valence-corrected chi connectivity index (χ2v) is 4.01. The van der Waals surface area contributed by atoms with E-state index in [4.69, 9.17) is 0 Å². The molecule has 0 saturated carbocycles. The number of nitrogens with zero attached hydrogens (tertiary/aromatic N) is 1. The first-order valence-electron chi connectivity index (χ1n) is 5.02. The van der Waals surface area contributed by atoms with Crippen LogP contribution in [0.15, 0.2) is 28.4 Å². The number of aliphatic imine (C=N–C) groups is 1. The monoisotopic (exact) mass is 177 g/mol. The Kier molecular flexibility index (Phi) is 3.47. The zero-order chi connectivity index (χ0) is 9.84. The first kappa shape index (κ1) is 10.2. The summed E-state index contributed by atoms with van der Waals surface area (Å²) in [5.41, 5.74) is 3.82. The van der Waals surface area contributed by atoms with Gasteiger partial charge in [-0.15, -0.1) is 0 Å². The Morgan fingerprint density at radius 1 is 1.46 bits per heavy atom. The van der Waals surface area contributed by atoms with Crippen molar-refractivity contribution >= 4 is 5.71 Å². The van der Waals surface area contributed by atoms with Crippen LogP contribution in [0.1, 0.15) is 40.5 Å². The molecule has 1 heteroatoms. The molecule has 0 unspecified atom stereocenters. The highest BCUT2D eigenvalue weighted by atomic mass is 14.8. The summed E-state index contributed by atoms with van der Waals surface area (Å²) in [4.78, 5) is 4.63. The molecule has 13 heavy (non-hydrogen) atoms. The SMILES string of the molecule is CC1=C(/N=C(\C)C(C)C)C=CCC1. The van der Waals surface area contributed by atoms with Crippen LogP contribution in [-0.4, -0.2) is 5.71 Å². The van der Waals surface area contributed by atoms with Crippen LogP contribution in [0.2, 0.25) is 0 Å². The molecule has 0 aromatic heterocycles. The van der Waals surface area contributed by atoms with Gasteiger partial charge in [-0.1, -0.05) is 19.9 Å². The average Bonchev–Trinajstić information content (AvgIpc) is 2.08. The Morgan fingerprint density at radius 2 is 2.15 bits per heavy atom. The maximum absolute atomic E-state index is 4.63. The van der Waals surface area contributed by atoms with E-state index in [2.05, 4.69) is 44.8 Å². The van der Waals surface area contributed by atoms with Gasteiger partial charge in [-0.05, 0) is 44.3 Å². The zero-order valence-corrected chi connectivity index (χ0v) is 9.09. The van der Waals surface area contributed by atoms with Crippen molar-refractivity contribution in [2.24, 2.45) is 10.9 Å². The normalized spacial score (nSPS) is 18.7. The third-order valence-corrected chi connectivity index (χ3v) is 2.53. The van der Waals surface area contributed by atoms with E-state index >= 15 is 0 Å². The van der Waals surface area contributed by atoms with E-state index in [-0.39, 0.29) is 0 Å². The highest BCUT2D eigenvalue weighted by molar-refractivity contribution is 5.85. The number of rotatable bonds is 2. The summed E-state index contributed by atoms with van der Waals surface area (Å²) >= 11 is 0. The fraction of sp³-hybridized carbons (Fsp3) is 0.583. The molecule has 0 amide bonds. The van der Waals surface area contributed by atoms with Crippen LogP contribution in [0.25, 0.3) is 0 Å². The van der Waals surface area contributed by atoms with E-state index in [0.29, 0.717) is 5.92 Å². The van der Waals surface area contributed by atoms with Crippen LogP contribution in [0.3, 0.4) is 0 Å². The van der Waals surface area contributed by atoms with Crippen LogP contribution in [0.5, 0.6) is 0 Å². The van der Waals surface area contributed by atoms with Crippen molar-refractivity contribution < 1.29 is 0 Å². The van der Waals surface area contributed by atoms with E-state index < -0.39 is 0 Å². The first-order valence-corrected chi connectivity index (χ1v) is 5.02. The minimum absolute atomic E-state index is 0.552. The maximum Gasteiger partial charge on any atom is 0.0615 e. The molecule has 0 radical (unpaired) electrons. The second kappa shape index (κ2) is 4.40. The Bertz CT molecular complexity index is 267. The molecule has 72 valence electrons. The van der Waals surface area contributed by atoms with Crippen molar-refractivity contribution in [3.8, 4) is 0 Å². The van der Waals surface area contributed by atoms with E-state index in [0.717, 1.165) is 0 Å². The van der Waals surface area contributed by atoms with Gasteiger partial charge in [0.25, 0.3) is 0 Å². The molecular weight excluding hydrogens is 158 g/mol. The molecule has 1 aliphatic rings. The van der Waals surface area contributed by atoms with Crippen LogP contribution < -0.4 is 0 Å². The molecule has 0 aromatic carbocycles. The van der Waals surface area contributed by atoms with E-state index in [1.165, 1.54) is 29.8 Å². The fourth-order valence-corrected chi connectivity index (χ4v) is 1.22. The second-order valence-electron chi connectivity index (χ2n) is 4.01. The molecule has 0 spiro atoms. The molecular formula is C12H19N. The highest BCUT2D eigenvalue weighted by Gasteiger charge is 2.04. The lowest BCUT2D eigenvalue weighted by Crippen LogP contribution is -2.03. The van der Waals surface area contributed by atoms with Gasteiger partial charge in [-0.3, -0.25) is 4.99 Å². The Hall–Kier alpha value is -0.850. The lowest BCUT2D eigenvalue weighted by Gasteiger charge is -2.10. The summed E-state index contributed by atoms with van der Waals surface area (Å²) in [5, 5.41) is 0. The van der Waals surface area contributed by atoms with Crippen molar-refractivity contribution in [2.75, 3.05) is 0 Å². The average molecular weight is 177 g/mol. The Labute approximate surface area is 81.3 Å². The van der Waals surface area contributed by atoms with Gasteiger partial charge in [-0.2, -0.15) is 0 Å². The Balaban J connectivity index is 2.83. The Morgan fingerprint density at radius 3 is 2.69 bits per heavy atom. The summed E-state index contributed by atoms with van der Waals surface area (Å²) in [6.07, 6.45) is 6.69. The molecule has 0 heterocycles. The predicted molar refractivity (Wildman–Crippen MR) is 59.0 cm³/mol. The van der Waals surface area contributed by atoms with Gasteiger partial charge < -0.3 is 0 Å². The summed E-state index contributed by atoms with van der Waals surface area (Å²) in [7, 11) is 0. The van der Waals surface area contributed by atoms with Crippen molar-refractivity contribution in [3.63, 3.8) is 0 Å². The molecule has 1 rings (SSSR count). The van der Waals surface area contributed by atoms with Gasteiger partial charge in [0.2, 0.25) is 0 Å². The van der Waals surface area contributed by atoms with Crippen molar-refractivity contribution in [2.45, 2.75) is 40.5 Å². The quantitative estimate of drug-likeness (QED) is 0.570. The zero-order valence-electron chi connectivity index (χ0n) is 9.09. The van der Waals surface area contributed by atoms with Gasteiger partial charge in [0, 0.05) is 5.71 Å². The molecule has 0 bridgehead atoms. The number of allylic oxidation sites excluding steroid dienone is 3. The summed E-state index contributed by atoms with van der Waals surface area (Å²) in [6, 6.07) is 0. The maximum atomic E-state index is 4.63. The molecule has 1 aliphatic carbocycles. The van der Waals surface area contributed by atoms with Crippen LogP contribution in [-0.2, 0) is 0 Å². The lowest BCUT2D eigenvalue weighted by molar-refractivity contribution is 0.869. The molecule has 0 saturated heterocycles. The van der Waals surface area contributed by atoms with Gasteiger partial charge in [0.15, 0.2) is 0 Å². The summed E-state index contributed by atoms with van der Waals surface area (Å²) in [5.74, 6) is 0.552. The lowest BCUT2D eigenvalue weighted by atomic mass is 10.0. The molecule has 0 aliphatic heterocycles. The third kappa shape index (κ3) is 2.83.